The zero-order chi connectivity index (χ0) is 34.4. The Morgan fingerprint density at radius 3 is 2.49 bits per heavy atom. The molecule has 0 radical (unpaired) electrons. The first-order chi connectivity index (χ1) is 22.2. The number of nitrogens with two attached hydrogens (primary N) is 1. The SMILES string of the molecule is CCOCCOCCOC(=O)[C@H](C)NP(=O)(OC[C@H]1O[C@@](C)(c2ccc3c(N)ncnn23)[C@H](O)[C@@H]1O)Oc1ccc(C(C)(C)C)cc1. The van der Waals surface area contributed by atoms with Crippen LogP contribution in [0.5, 0.6) is 5.75 Å². The highest BCUT2D eigenvalue weighted by Gasteiger charge is 2.54. The number of aliphatic hydroxyl groups excluding tert-OH is 2. The van der Waals surface area contributed by atoms with Crippen LogP contribution in [-0.2, 0) is 43.8 Å². The lowest BCUT2D eigenvalue weighted by Crippen LogP contribution is -2.40. The first-order valence-corrected chi connectivity index (χ1v) is 17.0. The molecule has 3 heterocycles. The second-order valence-electron chi connectivity index (χ2n) is 12.3. The second kappa shape index (κ2) is 15.4. The number of esters is 1. The molecule has 1 aliphatic heterocycles. The van der Waals surface area contributed by atoms with Gasteiger partial charge in [0.1, 0.15) is 54.2 Å². The predicted octanol–water partition coefficient (Wildman–Crippen LogP) is 2.72. The minimum Gasteiger partial charge on any atom is -0.462 e. The Kier molecular flexibility index (Phi) is 12.0. The number of hydrogen-bond donors (Lipinski definition) is 4. The molecule has 47 heavy (non-hydrogen) atoms. The number of hydrogen-bond acceptors (Lipinski definition) is 13. The number of carbonyl (C=O) groups excluding carboxylic acids is 1. The summed E-state index contributed by atoms with van der Waals surface area (Å²) in [6.07, 6.45) is -2.76. The number of rotatable bonds is 16. The van der Waals surface area contributed by atoms with Gasteiger partial charge < -0.3 is 39.4 Å². The molecule has 15 nitrogen and oxygen atoms in total. The molecule has 16 heteroatoms. The van der Waals surface area contributed by atoms with E-state index in [9.17, 15) is 19.6 Å². The molecule has 1 aliphatic rings. The molecule has 6 atom stereocenters. The lowest BCUT2D eigenvalue weighted by atomic mass is 9.87. The van der Waals surface area contributed by atoms with Crippen molar-refractivity contribution in [1.82, 2.24) is 19.7 Å². The van der Waals surface area contributed by atoms with Gasteiger partial charge in [-0.05, 0) is 56.0 Å². The van der Waals surface area contributed by atoms with Crippen molar-refractivity contribution >= 4 is 25.1 Å². The fraction of sp³-hybridized carbons (Fsp3) is 0.581. The van der Waals surface area contributed by atoms with Crippen molar-refractivity contribution in [3.05, 3.63) is 54.0 Å². The van der Waals surface area contributed by atoms with Crippen LogP contribution in [0.15, 0.2) is 42.7 Å². The van der Waals surface area contributed by atoms with Gasteiger partial charge >= 0.3 is 13.7 Å². The number of benzene rings is 1. The number of nitrogens with one attached hydrogen (secondary N) is 1. The van der Waals surface area contributed by atoms with Crippen LogP contribution in [0.25, 0.3) is 5.52 Å². The highest BCUT2D eigenvalue weighted by atomic mass is 31.2. The van der Waals surface area contributed by atoms with Crippen molar-refractivity contribution in [2.75, 3.05) is 45.4 Å². The summed E-state index contributed by atoms with van der Waals surface area (Å²) in [7, 11) is -4.32. The molecule has 0 bridgehead atoms. The lowest BCUT2D eigenvalue weighted by molar-refractivity contribution is -0.147. The molecule has 0 amide bonds. The van der Waals surface area contributed by atoms with Crippen LogP contribution in [0.4, 0.5) is 5.82 Å². The van der Waals surface area contributed by atoms with E-state index in [1.54, 1.807) is 31.2 Å². The highest BCUT2D eigenvalue weighted by molar-refractivity contribution is 7.52. The number of carbonyl (C=O) groups is 1. The van der Waals surface area contributed by atoms with Crippen LogP contribution >= 0.6 is 7.75 Å². The van der Waals surface area contributed by atoms with Crippen LogP contribution in [-0.4, -0.2) is 94.8 Å². The number of aliphatic hydroxyl groups is 2. The number of aromatic nitrogens is 3. The molecule has 1 fully saturated rings. The molecule has 3 aromatic rings. The first-order valence-electron chi connectivity index (χ1n) is 15.5. The topological polar surface area (TPSA) is 198 Å². The zero-order valence-corrected chi connectivity index (χ0v) is 28.5. The van der Waals surface area contributed by atoms with E-state index in [4.69, 9.17) is 33.7 Å². The van der Waals surface area contributed by atoms with Crippen LogP contribution in [0.2, 0.25) is 0 Å². The number of nitrogens with zero attached hydrogens (tertiary/aromatic N) is 3. The largest absolute Gasteiger partial charge is 0.462 e. The van der Waals surface area contributed by atoms with E-state index >= 15 is 0 Å². The van der Waals surface area contributed by atoms with Gasteiger partial charge in [0, 0.05) is 6.61 Å². The normalized spacial score (nSPS) is 23.4. The van der Waals surface area contributed by atoms with E-state index in [2.05, 4.69) is 35.9 Å². The van der Waals surface area contributed by atoms with Crippen LogP contribution in [0.3, 0.4) is 0 Å². The standard InChI is InChI=1S/C31H46N5O10P/c1-7-41-14-15-42-16-17-43-29(39)20(2)35-47(40,46-22-10-8-21(9-11-22)30(3,4)5)44-18-24-26(37)27(38)31(6,45-24)25-13-12-23-28(32)33-19-34-36(23)25/h8-13,19-20,24,26-27,37-38H,7,14-18H2,1-6H3,(H,35,40)(H2,32,33,34)/t20-,24+,26+,27+,31-,47?/m0/s1. The van der Waals surface area contributed by atoms with Gasteiger partial charge in [0.25, 0.3) is 0 Å². The van der Waals surface area contributed by atoms with Gasteiger partial charge in [-0.15, -0.1) is 0 Å². The van der Waals surface area contributed by atoms with E-state index in [1.165, 1.54) is 17.8 Å². The third-order valence-corrected chi connectivity index (χ3v) is 9.41. The number of nitrogen functional groups attached to an aromatic ring is 1. The van der Waals surface area contributed by atoms with Crippen molar-refractivity contribution in [1.29, 1.82) is 0 Å². The molecule has 0 saturated carbocycles. The second-order valence-corrected chi connectivity index (χ2v) is 14.0. The summed E-state index contributed by atoms with van der Waals surface area (Å²) in [5, 5.41) is 29.0. The summed E-state index contributed by atoms with van der Waals surface area (Å²) in [4.78, 5) is 16.7. The van der Waals surface area contributed by atoms with Crippen molar-refractivity contribution in [3.63, 3.8) is 0 Å². The lowest BCUT2D eigenvalue weighted by Gasteiger charge is -2.27. The van der Waals surface area contributed by atoms with E-state index in [-0.39, 0.29) is 30.2 Å². The molecule has 0 spiro atoms. The van der Waals surface area contributed by atoms with Gasteiger partial charge in [-0.25, -0.2) is 14.1 Å². The zero-order valence-electron chi connectivity index (χ0n) is 27.6. The van der Waals surface area contributed by atoms with Gasteiger partial charge in [0.2, 0.25) is 0 Å². The van der Waals surface area contributed by atoms with Crippen LogP contribution in [0, 0.1) is 0 Å². The van der Waals surface area contributed by atoms with Gasteiger partial charge in [-0.3, -0.25) is 9.32 Å². The van der Waals surface area contributed by atoms with Crippen molar-refractivity contribution < 1.29 is 47.6 Å². The Bertz CT molecular complexity index is 1530. The van der Waals surface area contributed by atoms with E-state index < -0.39 is 50.3 Å². The molecule has 4 rings (SSSR count). The Morgan fingerprint density at radius 1 is 1.13 bits per heavy atom. The molecular formula is C31H46N5O10P. The summed E-state index contributed by atoms with van der Waals surface area (Å²) in [5.74, 6) is -0.272. The van der Waals surface area contributed by atoms with Crippen molar-refractivity contribution in [2.24, 2.45) is 0 Å². The quantitative estimate of drug-likeness (QED) is 0.0979. The fourth-order valence-electron chi connectivity index (χ4n) is 5.05. The molecule has 5 N–H and O–H groups in total. The Balaban J connectivity index is 1.47. The Labute approximate surface area is 274 Å². The van der Waals surface area contributed by atoms with Gasteiger partial charge in [0.05, 0.1) is 32.1 Å². The third-order valence-electron chi connectivity index (χ3n) is 7.76. The van der Waals surface area contributed by atoms with E-state index in [1.807, 2.05) is 19.1 Å². The van der Waals surface area contributed by atoms with Gasteiger partial charge in [0.15, 0.2) is 5.82 Å². The minimum absolute atomic E-state index is 0.0270. The predicted molar refractivity (Wildman–Crippen MR) is 172 cm³/mol. The average Bonchev–Trinajstić information content (AvgIpc) is 3.56. The van der Waals surface area contributed by atoms with Crippen LogP contribution in [0.1, 0.15) is 52.8 Å². The third kappa shape index (κ3) is 8.86. The number of ether oxygens (including phenoxy) is 4. The first kappa shape index (κ1) is 36.7. The fourth-order valence-corrected chi connectivity index (χ4v) is 6.55. The Hall–Kier alpha value is -3.14. The highest BCUT2D eigenvalue weighted by Crippen LogP contribution is 2.47. The molecule has 0 aliphatic carbocycles. The molecule has 2 aromatic heterocycles. The summed E-state index contributed by atoms with van der Waals surface area (Å²) in [6, 6.07) is 9.18. The van der Waals surface area contributed by atoms with Crippen molar-refractivity contribution in [3.8, 4) is 5.75 Å². The summed E-state index contributed by atoms with van der Waals surface area (Å²) in [5.41, 5.74) is 6.30. The molecule has 1 aromatic carbocycles. The Morgan fingerprint density at radius 2 is 1.81 bits per heavy atom. The van der Waals surface area contributed by atoms with Gasteiger partial charge in [-0.2, -0.15) is 10.2 Å². The van der Waals surface area contributed by atoms with E-state index in [0.717, 1.165) is 5.56 Å². The molecule has 260 valence electrons. The smallest absolute Gasteiger partial charge is 0.459 e. The number of anilines is 1. The van der Waals surface area contributed by atoms with E-state index in [0.29, 0.717) is 31.0 Å². The maximum Gasteiger partial charge on any atom is 0.459 e. The molecule has 1 unspecified atom stereocenters. The summed E-state index contributed by atoms with van der Waals surface area (Å²) in [6.45, 7) is 12.1. The average molecular weight is 680 g/mol. The summed E-state index contributed by atoms with van der Waals surface area (Å²) >= 11 is 0. The maximum atomic E-state index is 14.2. The van der Waals surface area contributed by atoms with Crippen LogP contribution < -0.4 is 15.3 Å². The van der Waals surface area contributed by atoms with Crippen molar-refractivity contribution in [2.45, 2.75) is 76.9 Å². The molecule has 1 saturated heterocycles. The molecular weight excluding hydrogens is 633 g/mol. The minimum atomic E-state index is -4.32. The maximum absolute atomic E-state index is 14.2. The monoisotopic (exact) mass is 679 g/mol. The summed E-state index contributed by atoms with van der Waals surface area (Å²) < 4.78 is 49.2. The number of fused-ring (bicyclic) bond motifs is 1. The van der Waals surface area contributed by atoms with Gasteiger partial charge in [-0.1, -0.05) is 32.9 Å².